The van der Waals surface area contributed by atoms with Gasteiger partial charge in [0.15, 0.2) is 0 Å². The summed E-state index contributed by atoms with van der Waals surface area (Å²) in [5, 5.41) is 7.01. The van der Waals surface area contributed by atoms with Crippen LogP contribution in [0.2, 0.25) is 5.02 Å². The van der Waals surface area contributed by atoms with E-state index < -0.39 is 11.5 Å². The van der Waals surface area contributed by atoms with Crippen molar-refractivity contribution in [2.75, 3.05) is 23.3 Å². The Morgan fingerprint density at radius 2 is 1.71 bits per heavy atom. The van der Waals surface area contributed by atoms with Gasteiger partial charge in [-0.05, 0) is 66.4 Å². The molecule has 0 radical (unpaired) electrons. The van der Waals surface area contributed by atoms with E-state index in [2.05, 4.69) is 15.5 Å². The summed E-state index contributed by atoms with van der Waals surface area (Å²) in [6, 6.07) is 26.3. The second-order valence-electron chi connectivity index (χ2n) is 11.6. The number of carbonyl (C=O) groups is 2. The molecule has 3 aromatic carbocycles. The van der Waals surface area contributed by atoms with Crippen molar-refractivity contribution >= 4 is 45.8 Å². The molecule has 2 aliphatic rings. The molecule has 4 heterocycles. The smallest absolute Gasteiger partial charge is 0.349 e. The molecule has 1 fully saturated rings. The number of aromatic nitrogens is 1. The predicted octanol–water partition coefficient (Wildman–Crippen LogP) is 5.41. The van der Waals surface area contributed by atoms with E-state index in [0.29, 0.717) is 46.9 Å². The van der Waals surface area contributed by atoms with E-state index in [4.69, 9.17) is 16.0 Å². The summed E-state index contributed by atoms with van der Waals surface area (Å²) in [7, 11) is 0. The maximum absolute atomic E-state index is 13.6. The van der Waals surface area contributed by atoms with Crippen molar-refractivity contribution in [1.29, 1.82) is 0 Å². The molecule has 0 spiro atoms. The number of para-hydroxylation sites is 1. The van der Waals surface area contributed by atoms with E-state index in [9.17, 15) is 19.2 Å². The SMILES string of the molecule is O=C(NCc1cccc(Cl)c1)c1ccc(N2C[C@H]3C[C@@H](C2)c2cccc(=O)n2C3)c(NC(=O)c2cc3ccccc3oc2=O)c1. The molecule has 2 aliphatic heterocycles. The summed E-state index contributed by atoms with van der Waals surface area (Å²) in [5.74, 6) is -0.608. The first kappa shape index (κ1) is 28.6. The number of hydrogen-bond acceptors (Lipinski definition) is 6. The van der Waals surface area contributed by atoms with Crippen LogP contribution < -0.4 is 26.7 Å². The predicted molar refractivity (Wildman–Crippen MR) is 173 cm³/mol. The molecule has 2 atom stereocenters. The van der Waals surface area contributed by atoms with E-state index in [0.717, 1.165) is 23.4 Å². The average Bonchev–Trinajstić information content (AvgIpc) is 3.03. The molecule has 2 bridgehead atoms. The molecule has 2 N–H and O–H groups in total. The third kappa shape index (κ3) is 5.74. The fourth-order valence-corrected chi connectivity index (χ4v) is 6.70. The third-order valence-electron chi connectivity index (χ3n) is 8.56. The van der Waals surface area contributed by atoms with Crippen LogP contribution in [-0.4, -0.2) is 29.5 Å². The van der Waals surface area contributed by atoms with Gasteiger partial charge in [0.1, 0.15) is 11.1 Å². The first-order valence-electron chi connectivity index (χ1n) is 14.8. The highest BCUT2D eigenvalue weighted by Gasteiger charge is 2.35. The van der Waals surface area contributed by atoms with Gasteiger partial charge in [-0.2, -0.15) is 0 Å². The summed E-state index contributed by atoms with van der Waals surface area (Å²) in [5.41, 5.74) is 2.81. The molecule has 9 nitrogen and oxygen atoms in total. The van der Waals surface area contributed by atoms with Gasteiger partial charge in [0.2, 0.25) is 0 Å². The molecule has 2 aromatic heterocycles. The molecular formula is C35H29ClN4O5. The van der Waals surface area contributed by atoms with Gasteiger partial charge in [-0.1, -0.05) is 48.0 Å². The Balaban J connectivity index is 1.21. The summed E-state index contributed by atoms with van der Waals surface area (Å²) >= 11 is 6.10. The molecule has 0 unspecified atom stereocenters. The zero-order valence-corrected chi connectivity index (χ0v) is 24.9. The van der Waals surface area contributed by atoms with Crippen LogP contribution in [0.25, 0.3) is 11.0 Å². The highest BCUT2D eigenvalue weighted by atomic mass is 35.5. The van der Waals surface area contributed by atoms with Gasteiger partial charge < -0.3 is 24.5 Å². The molecule has 10 heteroatoms. The Morgan fingerprint density at radius 3 is 2.58 bits per heavy atom. The van der Waals surface area contributed by atoms with Crippen molar-refractivity contribution in [2.24, 2.45) is 5.92 Å². The van der Waals surface area contributed by atoms with Crippen molar-refractivity contribution in [1.82, 2.24) is 9.88 Å². The van der Waals surface area contributed by atoms with E-state index in [1.54, 1.807) is 60.7 Å². The van der Waals surface area contributed by atoms with E-state index in [-0.39, 0.29) is 35.4 Å². The Kier molecular flexibility index (Phi) is 7.47. The lowest BCUT2D eigenvalue weighted by Crippen LogP contribution is -2.47. The Hall–Kier alpha value is -5.15. The molecule has 2 amide bonds. The monoisotopic (exact) mass is 620 g/mol. The first-order valence-corrected chi connectivity index (χ1v) is 15.2. The van der Waals surface area contributed by atoms with Crippen LogP contribution in [0.3, 0.4) is 0 Å². The molecule has 226 valence electrons. The van der Waals surface area contributed by atoms with Crippen LogP contribution >= 0.6 is 11.6 Å². The maximum Gasteiger partial charge on any atom is 0.349 e. The Bertz CT molecular complexity index is 2090. The largest absolute Gasteiger partial charge is 0.422 e. The van der Waals surface area contributed by atoms with Gasteiger partial charge >= 0.3 is 5.63 Å². The van der Waals surface area contributed by atoms with Crippen LogP contribution in [0, 0.1) is 5.92 Å². The van der Waals surface area contributed by atoms with Gasteiger partial charge in [-0.15, -0.1) is 0 Å². The van der Waals surface area contributed by atoms with Crippen molar-refractivity contribution in [3.05, 3.63) is 139 Å². The molecule has 0 saturated carbocycles. The summed E-state index contributed by atoms with van der Waals surface area (Å²) in [6.07, 6.45) is 0.962. The molecular weight excluding hydrogens is 592 g/mol. The van der Waals surface area contributed by atoms with Gasteiger partial charge in [0.05, 0.1) is 11.4 Å². The van der Waals surface area contributed by atoms with Gasteiger partial charge in [0, 0.05) is 59.8 Å². The fraction of sp³-hybridized carbons (Fsp3) is 0.200. The molecule has 7 rings (SSSR count). The van der Waals surface area contributed by atoms with E-state index in [1.807, 2.05) is 28.8 Å². The maximum atomic E-state index is 13.6. The quantitative estimate of drug-likeness (QED) is 0.245. The number of nitrogens with zero attached hydrogens (tertiary/aromatic N) is 2. The zero-order chi connectivity index (χ0) is 31.1. The number of halogens is 1. The number of fused-ring (bicyclic) bond motifs is 5. The standard InChI is InChI=1S/C35H29ClN4O5/c36-26-7-3-5-21(14-26)17-37-33(42)24-11-12-30(39-18-22-13-25(20-39)29-8-4-10-32(41)40(29)19-22)28(16-24)38-34(43)27-15-23-6-1-2-9-31(23)45-35(27)44/h1-12,14-16,22,25H,13,17-20H2,(H,37,42)(H,38,43)/t22-,25+/m1/s1. The number of anilines is 2. The fourth-order valence-electron chi connectivity index (χ4n) is 6.49. The topological polar surface area (TPSA) is 114 Å². The number of rotatable bonds is 6. The third-order valence-corrected chi connectivity index (χ3v) is 8.79. The van der Waals surface area contributed by atoms with Gasteiger partial charge in [-0.3, -0.25) is 14.4 Å². The van der Waals surface area contributed by atoms with Crippen molar-refractivity contribution in [2.45, 2.75) is 25.4 Å². The number of piperidine rings is 1. The zero-order valence-electron chi connectivity index (χ0n) is 24.2. The first-order chi connectivity index (χ1) is 21.8. The normalized spacial score (nSPS) is 17.0. The van der Waals surface area contributed by atoms with E-state index >= 15 is 0 Å². The second-order valence-corrected chi connectivity index (χ2v) is 12.0. The van der Waals surface area contributed by atoms with Crippen molar-refractivity contribution in [3.63, 3.8) is 0 Å². The number of pyridine rings is 1. The second kappa shape index (κ2) is 11.7. The summed E-state index contributed by atoms with van der Waals surface area (Å²) in [6.45, 7) is 2.18. The molecule has 5 aromatic rings. The average molecular weight is 621 g/mol. The Morgan fingerprint density at radius 1 is 0.867 bits per heavy atom. The van der Waals surface area contributed by atoms with Crippen molar-refractivity contribution in [3.8, 4) is 0 Å². The van der Waals surface area contributed by atoms with Crippen molar-refractivity contribution < 1.29 is 14.0 Å². The number of amides is 2. The van der Waals surface area contributed by atoms with Gasteiger partial charge in [0.25, 0.3) is 17.4 Å². The minimum Gasteiger partial charge on any atom is -0.422 e. The summed E-state index contributed by atoms with van der Waals surface area (Å²) in [4.78, 5) is 54.4. The van der Waals surface area contributed by atoms with Crippen LogP contribution in [0.5, 0.6) is 0 Å². The minimum atomic E-state index is -0.752. The lowest BCUT2D eigenvalue weighted by molar-refractivity contribution is 0.0949. The lowest BCUT2D eigenvalue weighted by Gasteiger charge is -2.44. The molecule has 0 aliphatic carbocycles. The van der Waals surface area contributed by atoms with Crippen LogP contribution in [0.1, 0.15) is 44.3 Å². The molecule has 45 heavy (non-hydrogen) atoms. The number of benzene rings is 3. The highest BCUT2D eigenvalue weighted by molar-refractivity contribution is 6.30. The number of hydrogen-bond donors (Lipinski definition) is 2. The number of nitrogens with one attached hydrogen (secondary N) is 2. The van der Waals surface area contributed by atoms with E-state index in [1.165, 1.54) is 6.07 Å². The minimum absolute atomic E-state index is 0.00552. The van der Waals surface area contributed by atoms with Crippen LogP contribution in [0.4, 0.5) is 11.4 Å². The molecule has 1 saturated heterocycles. The van der Waals surface area contributed by atoms with Crippen LogP contribution in [0.15, 0.2) is 105 Å². The Labute approximate surface area is 263 Å². The summed E-state index contributed by atoms with van der Waals surface area (Å²) < 4.78 is 7.27. The van der Waals surface area contributed by atoms with Crippen LogP contribution in [-0.2, 0) is 13.1 Å². The lowest BCUT2D eigenvalue weighted by atomic mass is 9.83. The number of carbonyl (C=O) groups excluding carboxylic acids is 2. The van der Waals surface area contributed by atoms with Gasteiger partial charge in [-0.25, -0.2) is 4.79 Å². The highest BCUT2D eigenvalue weighted by Crippen LogP contribution is 2.39.